The van der Waals surface area contributed by atoms with E-state index in [1.165, 1.54) is 14.1 Å². The van der Waals surface area contributed by atoms with Crippen molar-refractivity contribution >= 4 is 21.8 Å². The van der Waals surface area contributed by atoms with Crippen LogP contribution in [-0.2, 0) is 16.8 Å². The molecule has 1 N–H and O–H groups in total. The van der Waals surface area contributed by atoms with Gasteiger partial charge in [0.2, 0.25) is 0 Å². The van der Waals surface area contributed by atoms with E-state index in [-0.39, 0.29) is 6.54 Å². The van der Waals surface area contributed by atoms with E-state index in [1.54, 1.807) is 18.2 Å². The van der Waals surface area contributed by atoms with Gasteiger partial charge in [-0.1, -0.05) is 17.7 Å². The molecule has 0 saturated carbocycles. The number of rotatable bonds is 6. The van der Waals surface area contributed by atoms with Crippen LogP contribution < -0.4 is 9.46 Å². The van der Waals surface area contributed by atoms with Gasteiger partial charge in [-0.15, -0.1) is 0 Å². The first kappa shape index (κ1) is 15.2. The van der Waals surface area contributed by atoms with Crippen LogP contribution in [0.3, 0.4) is 0 Å². The topological polar surface area (TPSA) is 58.6 Å². The molecular weight excluding hydrogens is 276 g/mol. The zero-order valence-corrected chi connectivity index (χ0v) is 12.2. The molecule has 0 fully saturated rings. The first-order valence-electron chi connectivity index (χ1n) is 5.45. The van der Waals surface area contributed by atoms with Crippen molar-refractivity contribution in [3.63, 3.8) is 0 Å². The van der Waals surface area contributed by atoms with Gasteiger partial charge in [-0.05, 0) is 24.6 Å². The van der Waals surface area contributed by atoms with Crippen LogP contribution >= 0.6 is 11.6 Å². The SMILES string of the molecule is CCOc1ccc(CNS(=O)(=O)N(C)C)cc1Cl. The summed E-state index contributed by atoms with van der Waals surface area (Å²) in [5.41, 5.74) is 0.772. The van der Waals surface area contributed by atoms with Crippen molar-refractivity contribution in [1.82, 2.24) is 9.03 Å². The highest BCUT2D eigenvalue weighted by Gasteiger charge is 2.12. The average molecular weight is 293 g/mol. The standard InChI is InChI=1S/C11H17ClN2O3S/c1-4-17-11-6-5-9(7-10(11)12)8-13-18(15,16)14(2)3/h5-7,13H,4,8H2,1-3H3. The van der Waals surface area contributed by atoms with Gasteiger partial charge in [0, 0.05) is 20.6 Å². The average Bonchev–Trinajstić information content (AvgIpc) is 2.30. The summed E-state index contributed by atoms with van der Waals surface area (Å²) in [7, 11) is -0.489. The van der Waals surface area contributed by atoms with Gasteiger partial charge >= 0.3 is 0 Å². The summed E-state index contributed by atoms with van der Waals surface area (Å²) < 4.78 is 31.9. The van der Waals surface area contributed by atoms with Crippen molar-refractivity contribution in [2.75, 3.05) is 20.7 Å². The van der Waals surface area contributed by atoms with Gasteiger partial charge in [-0.25, -0.2) is 0 Å². The Morgan fingerprint density at radius 3 is 2.56 bits per heavy atom. The fourth-order valence-electron chi connectivity index (χ4n) is 1.23. The Morgan fingerprint density at radius 1 is 1.39 bits per heavy atom. The van der Waals surface area contributed by atoms with E-state index in [0.717, 1.165) is 9.87 Å². The second-order valence-corrected chi connectivity index (χ2v) is 6.18. The van der Waals surface area contributed by atoms with Gasteiger partial charge < -0.3 is 4.74 Å². The molecule has 0 radical (unpaired) electrons. The first-order valence-corrected chi connectivity index (χ1v) is 7.27. The van der Waals surface area contributed by atoms with Crippen LogP contribution in [0.5, 0.6) is 5.75 Å². The maximum absolute atomic E-state index is 11.5. The van der Waals surface area contributed by atoms with Crippen molar-refractivity contribution in [1.29, 1.82) is 0 Å². The third-order valence-corrected chi connectivity index (χ3v) is 4.00. The minimum atomic E-state index is -3.42. The molecule has 7 heteroatoms. The Morgan fingerprint density at radius 2 is 2.06 bits per heavy atom. The molecule has 0 aliphatic heterocycles. The van der Waals surface area contributed by atoms with Crippen LogP contribution in [-0.4, -0.2) is 33.4 Å². The Bertz CT molecular complexity index is 503. The number of halogens is 1. The summed E-state index contributed by atoms with van der Waals surface area (Å²) in [6.07, 6.45) is 0. The molecule has 1 aromatic rings. The molecule has 0 atom stereocenters. The number of nitrogens with zero attached hydrogens (tertiary/aromatic N) is 1. The second-order valence-electron chi connectivity index (χ2n) is 3.81. The van der Waals surface area contributed by atoms with Crippen LogP contribution in [0.2, 0.25) is 5.02 Å². The highest BCUT2D eigenvalue weighted by molar-refractivity contribution is 7.87. The molecule has 18 heavy (non-hydrogen) atoms. The third-order valence-electron chi connectivity index (χ3n) is 2.24. The molecule has 0 saturated heterocycles. The fraction of sp³-hybridized carbons (Fsp3) is 0.455. The van der Waals surface area contributed by atoms with Crippen molar-refractivity contribution < 1.29 is 13.2 Å². The maximum atomic E-state index is 11.5. The van der Waals surface area contributed by atoms with E-state index in [0.29, 0.717) is 17.4 Å². The minimum Gasteiger partial charge on any atom is -0.492 e. The molecule has 5 nitrogen and oxygen atoms in total. The molecule has 0 heterocycles. The lowest BCUT2D eigenvalue weighted by Crippen LogP contribution is -2.35. The highest BCUT2D eigenvalue weighted by Crippen LogP contribution is 2.25. The lowest BCUT2D eigenvalue weighted by atomic mass is 10.2. The minimum absolute atomic E-state index is 0.187. The van der Waals surface area contributed by atoms with E-state index in [2.05, 4.69) is 4.72 Å². The zero-order chi connectivity index (χ0) is 13.8. The molecule has 0 aromatic heterocycles. The Balaban J connectivity index is 2.73. The monoisotopic (exact) mass is 292 g/mol. The van der Waals surface area contributed by atoms with Crippen LogP contribution in [0, 0.1) is 0 Å². The van der Waals surface area contributed by atoms with E-state index >= 15 is 0 Å². The summed E-state index contributed by atoms with van der Waals surface area (Å²) >= 11 is 6.01. The van der Waals surface area contributed by atoms with Crippen molar-refractivity contribution in [2.45, 2.75) is 13.5 Å². The van der Waals surface area contributed by atoms with Crippen molar-refractivity contribution in [3.8, 4) is 5.75 Å². The molecule has 0 unspecified atom stereocenters. The third kappa shape index (κ3) is 4.13. The predicted molar refractivity (Wildman–Crippen MR) is 72.1 cm³/mol. The van der Waals surface area contributed by atoms with Gasteiger partial charge in [0.1, 0.15) is 5.75 Å². The van der Waals surface area contributed by atoms with E-state index in [1.807, 2.05) is 6.92 Å². The van der Waals surface area contributed by atoms with E-state index in [9.17, 15) is 8.42 Å². The summed E-state index contributed by atoms with van der Waals surface area (Å²) in [4.78, 5) is 0. The number of hydrogen-bond acceptors (Lipinski definition) is 3. The van der Waals surface area contributed by atoms with Gasteiger partial charge in [0.15, 0.2) is 0 Å². The van der Waals surface area contributed by atoms with Gasteiger partial charge in [-0.2, -0.15) is 17.4 Å². The van der Waals surface area contributed by atoms with Crippen LogP contribution in [0.4, 0.5) is 0 Å². The summed E-state index contributed by atoms with van der Waals surface area (Å²) in [5, 5.41) is 0.471. The molecule has 0 amide bonds. The first-order chi connectivity index (χ1) is 8.36. The Hall–Kier alpha value is -0.820. The van der Waals surface area contributed by atoms with Gasteiger partial charge in [0.25, 0.3) is 10.2 Å². The van der Waals surface area contributed by atoms with Gasteiger partial charge in [-0.3, -0.25) is 0 Å². The number of hydrogen-bond donors (Lipinski definition) is 1. The lowest BCUT2D eigenvalue weighted by molar-refractivity contribution is 0.340. The number of benzene rings is 1. The Kier molecular flexibility index (Phi) is 5.40. The van der Waals surface area contributed by atoms with Crippen LogP contribution in [0.25, 0.3) is 0 Å². The molecule has 0 aliphatic rings. The molecule has 1 rings (SSSR count). The van der Waals surface area contributed by atoms with Crippen molar-refractivity contribution in [3.05, 3.63) is 28.8 Å². The zero-order valence-electron chi connectivity index (χ0n) is 10.6. The van der Waals surface area contributed by atoms with Crippen LogP contribution in [0.15, 0.2) is 18.2 Å². The Labute approximate surface area is 113 Å². The summed E-state index contributed by atoms with van der Waals surface area (Å²) in [5.74, 6) is 0.596. The normalized spacial score (nSPS) is 11.8. The quantitative estimate of drug-likeness (QED) is 0.867. The molecular formula is C11H17ClN2O3S. The smallest absolute Gasteiger partial charge is 0.279 e. The van der Waals surface area contributed by atoms with Crippen molar-refractivity contribution in [2.24, 2.45) is 0 Å². The maximum Gasteiger partial charge on any atom is 0.279 e. The number of ether oxygens (including phenoxy) is 1. The fourth-order valence-corrected chi connectivity index (χ4v) is 2.10. The molecule has 102 valence electrons. The molecule has 1 aromatic carbocycles. The van der Waals surface area contributed by atoms with E-state index in [4.69, 9.17) is 16.3 Å². The predicted octanol–water partition coefficient (Wildman–Crippen LogP) is 1.63. The van der Waals surface area contributed by atoms with E-state index < -0.39 is 10.2 Å². The summed E-state index contributed by atoms with van der Waals surface area (Å²) in [6.45, 7) is 2.59. The lowest BCUT2D eigenvalue weighted by Gasteiger charge is -2.13. The van der Waals surface area contributed by atoms with Gasteiger partial charge in [0.05, 0.1) is 11.6 Å². The number of nitrogens with one attached hydrogen (secondary N) is 1. The summed E-state index contributed by atoms with van der Waals surface area (Å²) in [6, 6.07) is 5.19. The molecule has 0 aliphatic carbocycles. The highest BCUT2D eigenvalue weighted by atomic mass is 35.5. The largest absolute Gasteiger partial charge is 0.492 e. The van der Waals surface area contributed by atoms with Crippen LogP contribution in [0.1, 0.15) is 12.5 Å². The molecule has 0 bridgehead atoms. The molecule has 0 spiro atoms. The second kappa shape index (κ2) is 6.38.